The highest BCUT2D eigenvalue weighted by Crippen LogP contribution is 2.27. The molecule has 0 aliphatic heterocycles. The molecular formula is C22H16F2N4O2. The molecule has 4 rings (SSSR count). The van der Waals surface area contributed by atoms with E-state index >= 15 is 0 Å². The second-order valence-corrected chi connectivity index (χ2v) is 6.30. The Balaban J connectivity index is 1.54. The van der Waals surface area contributed by atoms with Gasteiger partial charge in [-0.15, -0.1) is 0 Å². The molecule has 2 aromatic carbocycles. The number of aliphatic imine (C=N–C) groups is 1. The average molecular weight is 406 g/mol. The van der Waals surface area contributed by atoms with Gasteiger partial charge in [0.25, 0.3) is 0 Å². The van der Waals surface area contributed by atoms with Crippen molar-refractivity contribution >= 4 is 16.7 Å². The molecule has 4 aromatic rings. The van der Waals surface area contributed by atoms with Crippen LogP contribution < -0.4 is 10.2 Å². The van der Waals surface area contributed by atoms with Gasteiger partial charge in [0.05, 0.1) is 6.54 Å². The minimum Gasteiger partial charge on any atom is -0.437 e. The molecule has 0 radical (unpaired) electrons. The Morgan fingerprint density at radius 1 is 0.967 bits per heavy atom. The van der Waals surface area contributed by atoms with Crippen molar-refractivity contribution in [3.05, 3.63) is 95.8 Å². The van der Waals surface area contributed by atoms with Crippen molar-refractivity contribution in [1.29, 1.82) is 0 Å². The number of benzene rings is 2. The van der Waals surface area contributed by atoms with Crippen molar-refractivity contribution in [1.82, 2.24) is 15.4 Å². The van der Waals surface area contributed by atoms with E-state index in [2.05, 4.69) is 15.0 Å². The van der Waals surface area contributed by atoms with Crippen molar-refractivity contribution in [2.45, 2.75) is 6.54 Å². The van der Waals surface area contributed by atoms with E-state index in [1.165, 1.54) is 12.3 Å². The monoisotopic (exact) mass is 406 g/mol. The first-order valence-corrected chi connectivity index (χ1v) is 9.01. The van der Waals surface area contributed by atoms with E-state index in [1.54, 1.807) is 24.4 Å². The lowest BCUT2D eigenvalue weighted by atomic mass is 10.2. The smallest absolute Gasteiger partial charge is 0.219 e. The molecule has 6 nitrogen and oxygen atoms in total. The molecule has 0 fully saturated rings. The number of halogens is 2. The first-order chi connectivity index (χ1) is 14.7. The van der Waals surface area contributed by atoms with Gasteiger partial charge in [0, 0.05) is 35.0 Å². The molecule has 0 saturated carbocycles. The van der Waals surface area contributed by atoms with Crippen molar-refractivity contribution in [2.75, 3.05) is 0 Å². The summed E-state index contributed by atoms with van der Waals surface area (Å²) in [5.41, 5.74) is 2.86. The molecule has 0 unspecified atom stereocenters. The Bertz CT molecular complexity index is 1190. The van der Waals surface area contributed by atoms with E-state index in [0.717, 1.165) is 17.5 Å². The highest BCUT2D eigenvalue weighted by Gasteiger charge is 2.10. The van der Waals surface area contributed by atoms with Crippen molar-refractivity contribution < 1.29 is 18.7 Å². The summed E-state index contributed by atoms with van der Waals surface area (Å²) in [4.78, 5) is 12.6. The van der Waals surface area contributed by atoms with Gasteiger partial charge in [-0.3, -0.25) is 20.7 Å². The normalized spacial score (nSPS) is 11.5. The highest BCUT2D eigenvalue weighted by atomic mass is 19.1. The third-order valence-corrected chi connectivity index (χ3v) is 4.38. The zero-order valence-electron chi connectivity index (χ0n) is 15.6. The first-order valence-electron chi connectivity index (χ1n) is 9.01. The molecular weight excluding hydrogens is 390 g/mol. The number of nitrogens with one attached hydrogen (secondary N) is 1. The van der Waals surface area contributed by atoms with Gasteiger partial charge >= 0.3 is 0 Å². The number of para-hydroxylation sites is 1. The Hall–Kier alpha value is -3.91. The molecule has 8 heteroatoms. The topological polar surface area (TPSA) is 79.6 Å². The highest BCUT2D eigenvalue weighted by molar-refractivity contribution is 5.97. The number of ether oxygens (including phenoxy) is 1. The van der Waals surface area contributed by atoms with E-state index in [4.69, 9.17) is 4.74 Å². The molecule has 150 valence electrons. The van der Waals surface area contributed by atoms with E-state index < -0.39 is 11.6 Å². The molecule has 30 heavy (non-hydrogen) atoms. The molecule has 0 saturated heterocycles. The van der Waals surface area contributed by atoms with Crippen molar-refractivity contribution in [3.8, 4) is 11.6 Å². The summed E-state index contributed by atoms with van der Waals surface area (Å²) in [6.07, 6.45) is 3.10. The number of amidine groups is 1. The lowest BCUT2D eigenvalue weighted by molar-refractivity contribution is 0.234. The van der Waals surface area contributed by atoms with Gasteiger partial charge < -0.3 is 4.74 Å². The molecule has 2 heterocycles. The van der Waals surface area contributed by atoms with Gasteiger partial charge in [0.2, 0.25) is 5.88 Å². The third-order valence-electron chi connectivity index (χ3n) is 4.38. The summed E-state index contributed by atoms with van der Waals surface area (Å²) in [6.45, 7) is -0.290. The summed E-state index contributed by atoms with van der Waals surface area (Å²) in [5.74, 6) is -0.529. The van der Waals surface area contributed by atoms with E-state index in [9.17, 15) is 14.0 Å². The minimum absolute atomic E-state index is 0.0172. The number of nitrogens with zero attached hydrogens (tertiary/aromatic N) is 3. The zero-order chi connectivity index (χ0) is 20.9. The Morgan fingerprint density at radius 2 is 1.73 bits per heavy atom. The number of hydrogen-bond donors (Lipinski definition) is 2. The van der Waals surface area contributed by atoms with Crippen molar-refractivity contribution in [3.63, 3.8) is 0 Å². The molecule has 0 bridgehead atoms. The fourth-order valence-electron chi connectivity index (χ4n) is 2.88. The van der Waals surface area contributed by atoms with Crippen LogP contribution in [0.3, 0.4) is 0 Å². The molecule has 0 aliphatic rings. The maximum atomic E-state index is 13.8. The average Bonchev–Trinajstić information content (AvgIpc) is 2.77. The predicted octanol–water partition coefficient (Wildman–Crippen LogP) is 4.63. The lowest BCUT2D eigenvalue weighted by Crippen LogP contribution is -2.21. The van der Waals surface area contributed by atoms with Crippen LogP contribution in [-0.4, -0.2) is 21.0 Å². The number of fused-ring (bicyclic) bond motifs is 1. The second-order valence-electron chi connectivity index (χ2n) is 6.30. The Morgan fingerprint density at radius 3 is 2.47 bits per heavy atom. The van der Waals surface area contributed by atoms with Crippen LogP contribution in [0.1, 0.15) is 11.1 Å². The van der Waals surface area contributed by atoms with Crippen LogP contribution in [0.15, 0.2) is 78.0 Å². The quantitative estimate of drug-likeness (QED) is 0.287. The summed E-state index contributed by atoms with van der Waals surface area (Å²) >= 11 is 0. The van der Waals surface area contributed by atoms with Crippen LogP contribution in [0.4, 0.5) is 8.78 Å². The largest absolute Gasteiger partial charge is 0.437 e. The standard InChI is InChI=1S/C22H16F2N4O2/c23-17-6-2-7-18(24)16(17)13-27-22(28-29)15-9-10-20(26-12-15)30-19-8-1-4-14-5-3-11-25-21(14)19/h1-12,29H,13H2,(H,27,28). The van der Waals surface area contributed by atoms with E-state index in [-0.39, 0.29) is 17.9 Å². The molecule has 0 atom stereocenters. The molecule has 0 amide bonds. The van der Waals surface area contributed by atoms with Gasteiger partial charge in [-0.05, 0) is 30.3 Å². The summed E-state index contributed by atoms with van der Waals surface area (Å²) in [6, 6.07) is 16.1. The fraction of sp³-hybridized carbons (Fsp3) is 0.0455. The van der Waals surface area contributed by atoms with Crippen LogP contribution >= 0.6 is 0 Å². The number of hydrogen-bond acceptors (Lipinski definition) is 5. The summed E-state index contributed by atoms with van der Waals surface area (Å²) in [7, 11) is 0. The van der Waals surface area contributed by atoms with Gasteiger partial charge in [0.15, 0.2) is 11.6 Å². The van der Waals surface area contributed by atoms with Gasteiger partial charge in [0.1, 0.15) is 17.2 Å². The van der Waals surface area contributed by atoms with E-state index in [0.29, 0.717) is 22.7 Å². The molecule has 2 aromatic heterocycles. The van der Waals surface area contributed by atoms with Crippen LogP contribution in [-0.2, 0) is 6.54 Å². The molecule has 0 spiro atoms. The van der Waals surface area contributed by atoms with Crippen LogP contribution in [0.2, 0.25) is 0 Å². The van der Waals surface area contributed by atoms with Gasteiger partial charge in [-0.2, -0.15) is 0 Å². The molecule has 2 N–H and O–H groups in total. The summed E-state index contributed by atoms with van der Waals surface area (Å²) < 4.78 is 33.3. The number of aromatic nitrogens is 2. The lowest BCUT2D eigenvalue weighted by Gasteiger charge is -2.09. The minimum atomic E-state index is -0.707. The van der Waals surface area contributed by atoms with Crippen LogP contribution in [0.5, 0.6) is 11.6 Å². The van der Waals surface area contributed by atoms with Crippen LogP contribution in [0, 0.1) is 11.6 Å². The van der Waals surface area contributed by atoms with Crippen LogP contribution in [0.25, 0.3) is 10.9 Å². The number of pyridine rings is 2. The maximum absolute atomic E-state index is 13.8. The van der Waals surface area contributed by atoms with Crippen molar-refractivity contribution in [2.24, 2.45) is 4.99 Å². The maximum Gasteiger partial charge on any atom is 0.219 e. The number of rotatable bonds is 5. The predicted molar refractivity (Wildman–Crippen MR) is 108 cm³/mol. The Kier molecular flexibility index (Phi) is 5.58. The number of hydroxylamine groups is 1. The fourth-order valence-corrected chi connectivity index (χ4v) is 2.88. The molecule has 0 aliphatic carbocycles. The van der Waals surface area contributed by atoms with Gasteiger partial charge in [-0.1, -0.05) is 24.3 Å². The van der Waals surface area contributed by atoms with Gasteiger partial charge in [-0.25, -0.2) is 13.8 Å². The first kappa shape index (κ1) is 19.4. The Labute approximate surface area is 170 Å². The second kappa shape index (κ2) is 8.62. The summed E-state index contributed by atoms with van der Waals surface area (Å²) in [5, 5.41) is 10.3. The zero-order valence-corrected chi connectivity index (χ0v) is 15.6. The SMILES string of the molecule is ONC(=NCc1c(F)cccc1F)c1ccc(Oc2cccc3cccnc23)nc1. The van der Waals surface area contributed by atoms with E-state index in [1.807, 2.05) is 29.7 Å². The third kappa shape index (κ3) is 4.08.